The van der Waals surface area contributed by atoms with E-state index in [-0.39, 0.29) is 24.0 Å². The van der Waals surface area contributed by atoms with Gasteiger partial charge in [-0.3, -0.25) is 4.57 Å². The first-order valence-corrected chi connectivity index (χ1v) is 8.91. The Labute approximate surface area is 176 Å². The molecule has 0 amide bonds. The van der Waals surface area contributed by atoms with Crippen LogP contribution in [0.4, 0.5) is 5.69 Å². The number of nitrogens with one attached hydrogen (secondary N) is 1. The molecule has 0 radical (unpaired) electrons. The minimum Gasteiger partial charge on any atom is -0.370 e. The van der Waals surface area contributed by atoms with Crippen LogP contribution in [0.15, 0.2) is 60.2 Å². The largest absolute Gasteiger partial charge is 0.370 e. The first-order chi connectivity index (χ1) is 12.8. The number of anilines is 1. The van der Waals surface area contributed by atoms with Gasteiger partial charge in [0.15, 0.2) is 5.96 Å². The average molecular weight is 474 g/mol. The number of halogens is 1. The summed E-state index contributed by atoms with van der Waals surface area (Å²) in [5, 5.41) is 3.28. The Kier molecular flexibility index (Phi) is 6.44. The molecule has 0 atom stereocenters. The van der Waals surface area contributed by atoms with Crippen molar-refractivity contribution in [3.63, 3.8) is 0 Å². The number of hydrogen-bond acceptors (Lipinski definition) is 3. The molecule has 27 heavy (non-hydrogen) atoms. The van der Waals surface area contributed by atoms with Gasteiger partial charge in [-0.2, -0.15) is 0 Å². The van der Waals surface area contributed by atoms with E-state index in [4.69, 9.17) is 5.73 Å². The molecular formula is C20H23IN6. The molecule has 4 rings (SSSR count). The topological polar surface area (TPSA) is 81.1 Å². The van der Waals surface area contributed by atoms with Crippen LogP contribution in [-0.2, 0) is 19.4 Å². The number of fused-ring (bicyclic) bond motifs is 1. The summed E-state index contributed by atoms with van der Waals surface area (Å²) < 4.78 is 1.88. The molecule has 1 aromatic carbocycles. The van der Waals surface area contributed by atoms with E-state index in [9.17, 15) is 0 Å². The van der Waals surface area contributed by atoms with Crippen LogP contribution in [0.2, 0.25) is 0 Å². The lowest BCUT2D eigenvalue weighted by Crippen LogP contribution is -2.24. The second-order valence-corrected chi connectivity index (χ2v) is 6.43. The number of aliphatic imine (C=N–C) groups is 1. The fourth-order valence-corrected chi connectivity index (χ4v) is 3.42. The van der Waals surface area contributed by atoms with Crippen molar-refractivity contribution < 1.29 is 0 Å². The summed E-state index contributed by atoms with van der Waals surface area (Å²) in [6.45, 7) is 0.454. The fraction of sp³-hybridized carbons (Fsp3) is 0.250. The van der Waals surface area contributed by atoms with E-state index in [0.29, 0.717) is 12.5 Å². The SMILES string of the molecule is I.NC(=NCc1cccnc1-n1ccnc1)Nc1cccc2c1CCCC2. The van der Waals surface area contributed by atoms with Gasteiger partial charge in [0.2, 0.25) is 0 Å². The van der Waals surface area contributed by atoms with Gasteiger partial charge in [-0.1, -0.05) is 18.2 Å². The van der Waals surface area contributed by atoms with E-state index in [1.165, 1.54) is 24.0 Å². The van der Waals surface area contributed by atoms with Crippen molar-refractivity contribution >= 4 is 35.6 Å². The smallest absolute Gasteiger partial charge is 0.193 e. The summed E-state index contributed by atoms with van der Waals surface area (Å²) in [6.07, 6.45) is 11.8. The average Bonchev–Trinajstić information content (AvgIpc) is 3.21. The Morgan fingerprint density at radius 3 is 2.89 bits per heavy atom. The number of nitrogens with zero attached hydrogens (tertiary/aromatic N) is 4. The van der Waals surface area contributed by atoms with Gasteiger partial charge >= 0.3 is 0 Å². The molecule has 1 aliphatic rings. The maximum absolute atomic E-state index is 6.15. The molecule has 3 N–H and O–H groups in total. The molecule has 0 saturated heterocycles. The molecule has 0 unspecified atom stereocenters. The van der Waals surface area contributed by atoms with E-state index in [1.54, 1.807) is 18.7 Å². The third-order valence-corrected chi connectivity index (χ3v) is 4.69. The summed E-state index contributed by atoms with van der Waals surface area (Å²) in [5.74, 6) is 1.24. The van der Waals surface area contributed by atoms with Crippen molar-refractivity contribution in [1.29, 1.82) is 0 Å². The van der Waals surface area contributed by atoms with Crippen LogP contribution in [0, 0.1) is 0 Å². The molecule has 1 aliphatic carbocycles. The minimum absolute atomic E-state index is 0. The number of benzene rings is 1. The lowest BCUT2D eigenvalue weighted by molar-refractivity contribution is 0.687. The van der Waals surface area contributed by atoms with E-state index < -0.39 is 0 Å². The highest BCUT2D eigenvalue weighted by Crippen LogP contribution is 2.27. The number of pyridine rings is 1. The Balaban J connectivity index is 0.00000210. The van der Waals surface area contributed by atoms with E-state index in [1.807, 2.05) is 22.9 Å². The number of rotatable bonds is 4. The quantitative estimate of drug-likeness (QED) is 0.344. The predicted molar refractivity (Wildman–Crippen MR) is 119 cm³/mol. The zero-order valence-electron chi connectivity index (χ0n) is 15.0. The maximum Gasteiger partial charge on any atom is 0.193 e. The molecule has 0 bridgehead atoms. The number of guanidine groups is 1. The lowest BCUT2D eigenvalue weighted by atomic mass is 9.90. The summed E-state index contributed by atoms with van der Waals surface area (Å²) in [7, 11) is 0. The lowest BCUT2D eigenvalue weighted by Gasteiger charge is -2.19. The van der Waals surface area contributed by atoms with Crippen LogP contribution in [-0.4, -0.2) is 20.5 Å². The summed E-state index contributed by atoms with van der Waals surface area (Å²) in [6, 6.07) is 10.3. The highest BCUT2D eigenvalue weighted by molar-refractivity contribution is 14.0. The molecule has 0 fully saturated rings. The maximum atomic E-state index is 6.15. The van der Waals surface area contributed by atoms with Gasteiger partial charge in [-0.15, -0.1) is 24.0 Å². The summed E-state index contributed by atoms with van der Waals surface area (Å²) >= 11 is 0. The highest BCUT2D eigenvalue weighted by Gasteiger charge is 2.13. The first-order valence-electron chi connectivity index (χ1n) is 8.91. The number of hydrogen-bond donors (Lipinski definition) is 2. The van der Waals surface area contributed by atoms with Crippen molar-refractivity contribution in [2.45, 2.75) is 32.2 Å². The van der Waals surface area contributed by atoms with Crippen LogP contribution >= 0.6 is 24.0 Å². The standard InChI is InChI=1S/C20H22N6.HI/c21-20(25-18-9-3-6-15-5-1-2-8-17(15)18)24-13-16-7-4-10-23-19(16)26-12-11-22-14-26;/h3-4,6-7,9-12,14H,1-2,5,8,13H2,(H3,21,24,25);1H. The summed E-state index contributed by atoms with van der Waals surface area (Å²) in [4.78, 5) is 13.0. The molecule has 2 aromatic heterocycles. The number of imidazole rings is 1. The second kappa shape index (κ2) is 8.98. The van der Waals surface area contributed by atoms with Crippen LogP contribution in [0.1, 0.15) is 29.5 Å². The second-order valence-electron chi connectivity index (χ2n) is 6.43. The number of aryl methyl sites for hydroxylation is 1. The van der Waals surface area contributed by atoms with Gasteiger partial charge in [-0.25, -0.2) is 15.0 Å². The van der Waals surface area contributed by atoms with Gasteiger partial charge in [0.25, 0.3) is 0 Å². The molecule has 2 heterocycles. The van der Waals surface area contributed by atoms with E-state index >= 15 is 0 Å². The fourth-order valence-electron chi connectivity index (χ4n) is 3.42. The van der Waals surface area contributed by atoms with Crippen molar-refractivity contribution in [3.8, 4) is 5.82 Å². The van der Waals surface area contributed by atoms with Crippen LogP contribution in [0.3, 0.4) is 0 Å². The minimum atomic E-state index is 0. The van der Waals surface area contributed by atoms with Crippen molar-refractivity contribution in [2.75, 3.05) is 5.32 Å². The molecular weight excluding hydrogens is 451 g/mol. The van der Waals surface area contributed by atoms with Crippen molar-refractivity contribution in [2.24, 2.45) is 10.7 Å². The zero-order chi connectivity index (χ0) is 17.8. The first kappa shape index (κ1) is 19.3. The van der Waals surface area contributed by atoms with Crippen molar-refractivity contribution in [3.05, 3.63) is 71.9 Å². The van der Waals surface area contributed by atoms with E-state index in [2.05, 4.69) is 38.5 Å². The van der Waals surface area contributed by atoms with Gasteiger partial charge in [0, 0.05) is 29.8 Å². The Morgan fingerprint density at radius 2 is 2.04 bits per heavy atom. The molecule has 0 aliphatic heterocycles. The zero-order valence-corrected chi connectivity index (χ0v) is 17.3. The predicted octanol–water partition coefficient (Wildman–Crippen LogP) is 3.69. The molecule has 140 valence electrons. The van der Waals surface area contributed by atoms with Crippen LogP contribution in [0.5, 0.6) is 0 Å². The van der Waals surface area contributed by atoms with Crippen LogP contribution < -0.4 is 11.1 Å². The third-order valence-electron chi connectivity index (χ3n) is 4.69. The molecule has 3 aromatic rings. The summed E-state index contributed by atoms with van der Waals surface area (Å²) in [5.41, 5.74) is 11.0. The Bertz CT molecular complexity index is 920. The highest BCUT2D eigenvalue weighted by atomic mass is 127. The number of nitrogens with two attached hydrogens (primary N) is 1. The van der Waals surface area contributed by atoms with Gasteiger partial charge in [-0.05, 0) is 48.9 Å². The monoisotopic (exact) mass is 474 g/mol. The van der Waals surface area contributed by atoms with Crippen LogP contribution in [0.25, 0.3) is 5.82 Å². The molecule has 0 spiro atoms. The van der Waals surface area contributed by atoms with Gasteiger partial charge < -0.3 is 11.1 Å². The van der Waals surface area contributed by atoms with Gasteiger partial charge in [0.1, 0.15) is 12.1 Å². The molecule has 7 heteroatoms. The third kappa shape index (κ3) is 4.47. The van der Waals surface area contributed by atoms with Gasteiger partial charge in [0.05, 0.1) is 6.54 Å². The normalized spacial score (nSPS) is 13.6. The molecule has 6 nitrogen and oxygen atoms in total. The Morgan fingerprint density at radius 1 is 1.15 bits per heavy atom. The van der Waals surface area contributed by atoms with Crippen molar-refractivity contribution in [1.82, 2.24) is 14.5 Å². The number of aromatic nitrogens is 3. The Hall–Kier alpha value is -2.42. The van der Waals surface area contributed by atoms with E-state index in [0.717, 1.165) is 29.9 Å². The molecule has 0 saturated carbocycles.